The summed E-state index contributed by atoms with van der Waals surface area (Å²) >= 11 is 0. The van der Waals surface area contributed by atoms with E-state index >= 15 is 0 Å². The largest absolute Gasteiger partial charge is 0.464 e. The van der Waals surface area contributed by atoms with Crippen LogP contribution in [0.15, 0.2) is 72.8 Å². The van der Waals surface area contributed by atoms with E-state index in [4.69, 9.17) is 9.47 Å². The van der Waals surface area contributed by atoms with Gasteiger partial charge >= 0.3 is 11.9 Å². The highest BCUT2D eigenvalue weighted by Crippen LogP contribution is 2.13. The molecule has 0 aliphatic rings. The van der Waals surface area contributed by atoms with Crippen LogP contribution in [0.3, 0.4) is 0 Å². The molecule has 0 aliphatic carbocycles. The molecule has 0 unspecified atom stereocenters. The number of ether oxygens (including phenoxy) is 2. The summed E-state index contributed by atoms with van der Waals surface area (Å²) in [5.74, 6) is -1.13. The van der Waals surface area contributed by atoms with Crippen LogP contribution in [0, 0.1) is 0 Å². The van der Waals surface area contributed by atoms with E-state index in [1.54, 1.807) is 31.3 Å². The van der Waals surface area contributed by atoms with Crippen molar-refractivity contribution in [2.24, 2.45) is 0 Å². The summed E-state index contributed by atoms with van der Waals surface area (Å²) in [4.78, 5) is 28.5. The minimum atomic E-state index is -0.582. The molecule has 7 heteroatoms. The number of hydrogen-bond donors (Lipinski definition) is 2. The van der Waals surface area contributed by atoms with Crippen LogP contribution in [0.4, 0.5) is 0 Å². The van der Waals surface area contributed by atoms with Gasteiger partial charge in [-0.2, -0.15) is 0 Å². The summed E-state index contributed by atoms with van der Waals surface area (Å²) in [6.45, 7) is 2.47. The monoisotopic (exact) mass is 381 g/mol. The maximum Gasteiger partial charge on any atom is 0.355 e. The number of nitrogens with zero attached hydrogens (tertiary/aromatic N) is 1. The second-order valence-electron chi connectivity index (χ2n) is 5.55. The lowest BCUT2D eigenvalue weighted by molar-refractivity contribution is -0.137. The molecule has 1 aromatic carbocycles. The van der Waals surface area contributed by atoms with Gasteiger partial charge in [0.1, 0.15) is 11.3 Å². The molecule has 0 spiro atoms. The lowest BCUT2D eigenvalue weighted by atomic mass is 10.2. The van der Waals surface area contributed by atoms with Crippen LogP contribution in [-0.4, -0.2) is 30.6 Å². The summed E-state index contributed by atoms with van der Waals surface area (Å²) in [6.07, 6.45) is 4.45. The maximum absolute atomic E-state index is 12.3. The molecule has 146 valence electrons. The first kappa shape index (κ1) is 20.7. The lowest BCUT2D eigenvalue weighted by Gasteiger charge is -2.10. The Morgan fingerprint density at radius 3 is 2.43 bits per heavy atom. The number of esters is 2. The van der Waals surface area contributed by atoms with Gasteiger partial charge in [-0.25, -0.2) is 9.59 Å². The number of hydrogen-bond acceptors (Lipinski definition) is 7. The number of methoxy groups -OCH3 is 1. The molecule has 0 aliphatic heterocycles. The van der Waals surface area contributed by atoms with Gasteiger partial charge in [0.2, 0.25) is 0 Å². The maximum atomic E-state index is 12.3. The van der Waals surface area contributed by atoms with Crippen LogP contribution in [0.5, 0.6) is 0 Å². The summed E-state index contributed by atoms with van der Waals surface area (Å²) in [5, 5.41) is 5.86. The average Bonchev–Trinajstić information content (AvgIpc) is 2.74. The van der Waals surface area contributed by atoms with Gasteiger partial charge in [-0.3, -0.25) is 4.98 Å². The third kappa shape index (κ3) is 6.28. The summed E-state index contributed by atoms with van der Waals surface area (Å²) < 4.78 is 9.87. The second kappa shape index (κ2) is 11.2. The van der Waals surface area contributed by atoms with E-state index in [0.717, 1.165) is 5.56 Å². The molecule has 1 aromatic heterocycles. The summed E-state index contributed by atoms with van der Waals surface area (Å²) in [5.41, 5.74) is 1.81. The third-order valence-corrected chi connectivity index (χ3v) is 3.61. The number of rotatable bonds is 9. The van der Waals surface area contributed by atoms with Crippen LogP contribution in [-0.2, 0) is 25.6 Å². The van der Waals surface area contributed by atoms with E-state index in [1.165, 1.54) is 19.5 Å². The Morgan fingerprint density at radius 1 is 1.04 bits per heavy atom. The van der Waals surface area contributed by atoms with Crippen LogP contribution >= 0.6 is 0 Å². The Balaban J connectivity index is 2.19. The number of pyridine rings is 1. The van der Waals surface area contributed by atoms with Crippen molar-refractivity contribution in [3.8, 4) is 0 Å². The van der Waals surface area contributed by atoms with E-state index in [2.05, 4.69) is 15.6 Å². The SMILES string of the molecule is CCOC(=O)/C(=C/N/C(=C/NCc1ccccc1)C(=O)OC)c1ccccn1. The zero-order valence-electron chi connectivity index (χ0n) is 15.8. The topological polar surface area (TPSA) is 89.6 Å². The molecule has 0 atom stereocenters. The summed E-state index contributed by atoms with van der Waals surface area (Å²) in [6, 6.07) is 14.9. The van der Waals surface area contributed by atoms with Crippen molar-refractivity contribution in [1.29, 1.82) is 0 Å². The molecule has 0 saturated heterocycles. The van der Waals surface area contributed by atoms with Crippen molar-refractivity contribution in [2.75, 3.05) is 13.7 Å². The van der Waals surface area contributed by atoms with Crippen molar-refractivity contribution in [3.63, 3.8) is 0 Å². The smallest absolute Gasteiger partial charge is 0.355 e. The first-order valence-electron chi connectivity index (χ1n) is 8.76. The molecule has 2 N–H and O–H groups in total. The Labute approximate surface area is 164 Å². The van der Waals surface area contributed by atoms with E-state index in [1.807, 2.05) is 30.3 Å². The predicted molar refractivity (Wildman–Crippen MR) is 105 cm³/mol. The van der Waals surface area contributed by atoms with Crippen molar-refractivity contribution < 1.29 is 19.1 Å². The van der Waals surface area contributed by atoms with Crippen molar-refractivity contribution >= 4 is 17.5 Å². The minimum absolute atomic E-state index is 0.135. The molecule has 2 aromatic rings. The number of aromatic nitrogens is 1. The number of benzene rings is 1. The Hall–Kier alpha value is -3.61. The van der Waals surface area contributed by atoms with Gasteiger partial charge in [0.15, 0.2) is 0 Å². The average molecular weight is 381 g/mol. The molecular weight excluding hydrogens is 358 g/mol. The second-order valence-corrected chi connectivity index (χ2v) is 5.55. The van der Waals surface area contributed by atoms with Gasteiger partial charge in [-0.1, -0.05) is 36.4 Å². The first-order valence-corrected chi connectivity index (χ1v) is 8.76. The van der Waals surface area contributed by atoms with Crippen LogP contribution in [0.25, 0.3) is 5.57 Å². The molecular formula is C21H23N3O4. The highest BCUT2D eigenvalue weighted by Gasteiger charge is 2.16. The standard InChI is InChI=1S/C21H23N3O4/c1-3-28-20(25)17(18-11-7-8-12-23-18)14-24-19(21(26)27-2)15-22-13-16-9-5-4-6-10-16/h4-12,14-15,22,24H,3,13H2,1-2H3/b17-14+,19-15+. The highest BCUT2D eigenvalue weighted by molar-refractivity contribution is 6.15. The zero-order valence-corrected chi connectivity index (χ0v) is 15.8. The molecule has 0 amide bonds. The van der Waals surface area contributed by atoms with Gasteiger partial charge < -0.3 is 20.1 Å². The Kier molecular flexibility index (Phi) is 8.26. The zero-order chi connectivity index (χ0) is 20.2. The van der Waals surface area contributed by atoms with Gasteiger partial charge in [0.05, 0.1) is 19.4 Å². The van der Waals surface area contributed by atoms with E-state index in [-0.39, 0.29) is 17.9 Å². The normalized spacial score (nSPS) is 11.5. The lowest BCUT2D eigenvalue weighted by Crippen LogP contribution is -2.22. The van der Waals surface area contributed by atoms with E-state index in [9.17, 15) is 9.59 Å². The Bertz CT molecular complexity index is 833. The molecule has 28 heavy (non-hydrogen) atoms. The summed E-state index contributed by atoms with van der Waals surface area (Å²) in [7, 11) is 1.28. The third-order valence-electron chi connectivity index (χ3n) is 3.61. The van der Waals surface area contributed by atoms with Gasteiger partial charge in [-0.05, 0) is 24.6 Å². The molecule has 0 radical (unpaired) electrons. The predicted octanol–water partition coefficient (Wildman–Crippen LogP) is 2.38. The van der Waals surface area contributed by atoms with Crippen LogP contribution < -0.4 is 10.6 Å². The van der Waals surface area contributed by atoms with Crippen LogP contribution in [0.2, 0.25) is 0 Å². The van der Waals surface area contributed by atoms with Gasteiger partial charge in [0, 0.05) is 25.1 Å². The van der Waals surface area contributed by atoms with Gasteiger partial charge in [-0.15, -0.1) is 0 Å². The van der Waals surface area contributed by atoms with Crippen LogP contribution in [0.1, 0.15) is 18.2 Å². The molecule has 0 fully saturated rings. The highest BCUT2D eigenvalue weighted by atomic mass is 16.5. The van der Waals surface area contributed by atoms with Gasteiger partial charge in [0.25, 0.3) is 0 Å². The number of nitrogens with one attached hydrogen (secondary N) is 2. The fraction of sp³-hybridized carbons (Fsp3) is 0.190. The molecule has 2 rings (SSSR count). The number of carbonyl (C=O) groups is 2. The fourth-order valence-electron chi connectivity index (χ4n) is 2.25. The van der Waals surface area contributed by atoms with Crippen molar-refractivity contribution in [1.82, 2.24) is 15.6 Å². The fourth-order valence-corrected chi connectivity index (χ4v) is 2.25. The quantitative estimate of drug-likeness (QED) is 0.509. The van der Waals surface area contributed by atoms with E-state index < -0.39 is 11.9 Å². The minimum Gasteiger partial charge on any atom is -0.464 e. The molecule has 7 nitrogen and oxygen atoms in total. The molecule has 1 heterocycles. The van der Waals surface area contributed by atoms with E-state index in [0.29, 0.717) is 12.2 Å². The van der Waals surface area contributed by atoms with Crippen molar-refractivity contribution in [2.45, 2.75) is 13.5 Å². The van der Waals surface area contributed by atoms with Crippen molar-refractivity contribution in [3.05, 3.63) is 84.1 Å². The Morgan fingerprint density at radius 2 is 1.79 bits per heavy atom. The number of carbonyl (C=O) groups excluding carboxylic acids is 2. The molecule has 0 saturated carbocycles. The molecule has 0 bridgehead atoms. The first-order chi connectivity index (χ1) is 13.7.